The maximum atomic E-state index is 9.27. The van der Waals surface area contributed by atoms with E-state index < -0.39 is 0 Å². The van der Waals surface area contributed by atoms with Crippen LogP contribution in [-0.2, 0) is 0 Å². The molecular weight excluding hydrogens is 196 g/mol. The van der Waals surface area contributed by atoms with E-state index in [9.17, 15) is 5.11 Å². The zero-order chi connectivity index (χ0) is 9.10. The standard InChI is InChI=1S/C12H10O.ClH/c13-12-8-4-7-11(9-12)10-5-2-1-3-6-10;/h1-9,13H;1H. The second-order valence-electron chi connectivity index (χ2n) is 2.92. The highest BCUT2D eigenvalue weighted by atomic mass is 35.5. The largest absolute Gasteiger partial charge is 0.508 e. The summed E-state index contributed by atoms with van der Waals surface area (Å²) in [6.07, 6.45) is 0. The number of hydrogen-bond donors (Lipinski definition) is 1. The highest BCUT2D eigenvalue weighted by molar-refractivity contribution is 5.85. The molecule has 0 heterocycles. The van der Waals surface area contributed by atoms with Crippen molar-refractivity contribution in [2.24, 2.45) is 0 Å². The van der Waals surface area contributed by atoms with Crippen LogP contribution in [-0.4, -0.2) is 5.11 Å². The third-order valence-corrected chi connectivity index (χ3v) is 1.95. The van der Waals surface area contributed by atoms with Crippen molar-refractivity contribution in [3.8, 4) is 16.9 Å². The van der Waals surface area contributed by atoms with E-state index in [0.717, 1.165) is 11.1 Å². The molecule has 14 heavy (non-hydrogen) atoms. The second-order valence-corrected chi connectivity index (χ2v) is 2.92. The van der Waals surface area contributed by atoms with Gasteiger partial charge in [0.1, 0.15) is 5.75 Å². The molecular formula is C12H11ClO. The number of phenolic OH excluding ortho intramolecular Hbond substituents is 1. The number of halogens is 1. The molecule has 2 aromatic carbocycles. The number of rotatable bonds is 1. The molecule has 0 radical (unpaired) electrons. The van der Waals surface area contributed by atoms with E-state index in [1.807, 2.05) is 42.5 Å². The molecule has 0 aliphatic carbocycles. The van der Waals surface area contributed by atoms with Gasteiger partial charge < -0.3 is 5.11 Å². The van der Waals surface area contributed by atoms with Crippen molar-refractivity contribution >= 4 is 12.4 Å². The van der Waals surface area contributed by atoms with Gasteiger partial charge in [-0.25, -0.2) is 0 Å². The Bertz CT molecular complexity index is 398. The molecule has 1 nitrogen and oxygen atoms in total. The first-order valence-corrected chi connectivity index (χ1v) is 4.21. The van der Waals surface area contributed by atoms with Crippen LogP contribution in [0.3, 0.4) is 0 Å². The van der Waals surface area contributed by atoms with E-state index in [1.165, 1.54) is 0 Å². The Morgan fingerprint density at radius 3 is 2.00 bits per heavy atom. The highest BCUT2D eigenvalue weighted by Crippen LogP contribution is 2.22. The summed E-state index contributed by atoms with van der Waals surface area (Å²) in [6, 6.07) is 17.3. The lowest BCUT2D eigenvalue weighted by atomic mass is 10.1. The van der Waals surface area contributed by atoms with Crippen LogP contribution in [0.5, 0.6) is 5.75 Å². The predicted molar refractivity (Wildman–Crippen MR) is 60.8 cm³/mol. The molecule has 0 fully saturated rings. The summed E-state index contributed by atoms with van der Waals surface area (Å²) in [4.78, 5) is 0. The monoisotopic (exact) mass is 206 g/mol. The molecule has 0 spiro atoms. The summed E-state index contributed by atoms with van der Waals surface area (Å²) in [5.74, 6) is 0.307. The van der Waals surface area contributed by atoms with E-state index in [4.69, 9.17) is 0 Å². The van der Waals surface area contributed by atoms with Gasteiger partial charge in [0.2, 0.25) is 0 Å². The molecule has 0 saturated carbocycles. The van der Waals surface area contributed by atoms with Gasteiger partial charge in [0.15, 0.2) is 0 Å². The molecule has 0 atom stereocenters. The maximum Gasteiger partial charge on any atom is 0.116 e. The summed E-state index contributed by atoms with van der Waals surface area (Å²) in [5, 5.41) is 9.27. The lowest BCUT2D eigenvalue weighted by Crippen LogP contribution is -1.75. The van der Waals surface area contributed by atoms with E-state index in [-0.39, 0.29) is 12.4 Å². The summed E-state index contributed by atoms with van der Waals surface area (Å²) in [6.45, 7) is 0. The first-order chi connectivity index (χ1) is 6.36. The first kappa shape index (κ1) is 10.6. The number of phenols is 1. The highest BCUT2D eigenvalue weighted by Gasteiger charge is 1.95. The van der Waals surface area contributed by atoms with Gasteiger partial charge in [0.05, 0.1) is 0 Å². The summed E-state index contributed by atoms with van der Waals surface area (Å²) >= 11 is 0. The Balaban J connectivity index is 0.000000980. The number of benzene rings is 2. The van der Waals surface area contributed by atoms with Gasteiger partial charge in [-0.1, -0.05) is 42.5 Å². The minimum absolute atomic E-state index is 0. The van der Waals surface area contributed by atoms with Gasteiger partial charge in [0.25, 0.3) is 0 Å². The van der Waals surface area contributed by atoms with E-state index in [1.54, 1.807) is 12.1 Å². The summed E-state index contributed by atoms with van der Waals surface area (Å²) in [5.41, 5.74) is 2.17. The molecule has 0 aliphatic rings. The lowest BCUT2D eigenvalue weighted by molar-refractivity contribution is 0.475. The zero-order valence-corrected chi connectivity index (χ0v) is 8.37. The van der Waals surface area contributed by atoms with E-state index >= 15 is 0 Å². The van der Waals surface area contributed by atoms with Gasteiger partial charge in [-0.05, 0) is 23.3 Å². The van der Waals surface area contributed by atoms with Crippen molar-refractivity contribution in [1.29, 1.82) is 0 Å². The van der Waals surface area contributed by atoms with Crippen LogP contribution < -0.4 is 0 Å². The SMILES string of the molecule is Cl.Oc1cccc(-c2ccccc2)c1. The predicted octanol–water partition coefficient (Wildman–Crippen LogP) is 3.48. The third-order valence-electron chi connectivity index (χ3n) is 1.95. The molecule has 0 bridgehead atoms. The Hall–Kier alpha value is -1.47. The fourth-order valence-corrected chi connectivity index (χ4v) is 1.32. The van der Waals surface area contributed by atoms with Crippen molar-refractivity contribution < 1.29 is 5.11 Å². The quantitative estimate of drug-likeness (QED) is 0.758. The smallest absolute Gasteiger partial charge is 0.116 e. The van der Waals surface area contributed by atoms with E-state index in [2.05, 4.69) is 0 Å². The molecule has 2 rings (SSSR count). The fraction of sp³-hybridized carbons (Fsp3) is 0. The second kappa shape index (κ2) is 4.68. The van der Waals surface area contributed by atoms with Crippen molar-refractivity contribution in [2.75, 3.05) is 0 Å². The summed E-state index contributed by atoms with van der Waals surface area (Å²) in [7, 11) is 0. The Labute approximate surface area is 89.4 Å². The molecule has 0 unspecified atom stereocenters. The first-order valence-electron chi connectivity index (χ1n) is 4.21. The van der Waals surface area contributed by atoms with Crippen molar-refractivity contribution in [3.63, 3.8) is 0 Å². The van der Waals surface area contributed by atoms with Crippen LogP contribution in [0.2, 0.25) is 0 Å². The van der Waals surface area contributed by atoms with Crippen LogP contribution in [0.4, 0.5) is 0 Å². The average Bonchev–Trinajstić information content (AvgIpc) is 2.19. The molecule has 2 aromatic rings. The molecule has 0 saturated heterocycles. The molecule has 0 aliphatic heterocycles. The lowest BCUT2D eigenvalue weighted by Gasteiger charge is -2.00. The van der Waals surface area contributed by atoms with Gasteiger partial charge in [-0.3, -0.25) is 0 Å². The molecule has 2 heteroatoms. The third kappa shape index (κ3) is 2.27. The van der Waals surface area contributed by atoms with E-state index in [0.29, 0.717) is 5.75 Å². The van der Waals surface area contributed by atoms with Gasteiger partial charge in [0, 0.05) is 0 Å². The Kier molecular flexibility index (Phi) is 3.55. The Morgan fingerprint density at radius 2 is 1.36 bits per heavy atom. The molecule has 0 aromatic heterocycles. The average molecular weight is 207 g/mol. The van der Waals surface area contributed by atoms with Crippen molar-refractivity contribution in [3.05, 3.63) is 54.6 Å². The normalized spacial score (nSPS) is 9.14. The van der Waals surface area contributed by atoms with Crippen molar-refractivity contribution in [2.45, 2.75) is 0 Å². The number of hydrogen-bond acceptors (Lipinski definition) is 1. The van der Waals surface area contributed by atoms with Gasteiger partial charge >= 0.3 is 0 Å². The van der Waals surface area contributed by atoms with Crippen LogP contribution in [0.15, 0.2) is 54.6 Å². The minimum atomic E-state index is 0. The molecule has 72 valence electrons. The van der Waals surface area contributed by atoms with Gasteiger partial charge in [-0.2, -0.15) is 0 Å². The minimum Gasteiger partial charge on any atom is -0.508 e. The number of aromatic hydroxyl groups is 1. The molecule has 0 amide bonds. The maximum absolute atomic E-state index is 9.27. The summed E-state index contributed by atoms with van der Waals surface area (Å²) < 4.78 is 0. The van der Waals surface area contributed by atoms with Crippen LogP contribution in [0.1, 0.15) is 0 Å². The molecule has 1 N–H and O–H groups in total. The van der Waals surface area contributed by atoms with Crippen LogP contribution in [0, 0.1) is 0 Å². The zero-order valence-electron chi connectivity index (χ0n) is 7.55. The van der Waals surface area contributed by atoms with Gasteiger partial charge in [-0.15, -0.1) is 12.4 Å². The fourth-order valence-electron chi connectivity index (χ4n) is 1.32. The van der Waals surface area contributed by atoms with Crippen LogP contribution >= 0.6 is 12.4 Å². The van der Waals surface area contributed by atoms with Crippen LogP contribution in [0.25, 0.3) is 11.1 Å². The van der Waals surface area contributed by atoms with Crippen molar-refractivity contribution in [1.82, 2.24) is 0 Å². The topological polar surface area (TPSA) is 20.2 Å². The Morgan fingerprint density at radius 1 is 0.714 bits per heavy atom.